The predicted octanol–water partition coefficient (Wildman–Crippen LogP) is 2.49. The average Bonchev–Trinajstić information content (AvgIpc) is 2.80. The van der Waals surface area contributed by atoms with E-state index in [2.05, 4.69) is 9.84 Å². The summed E-state index contributed by atoms with van der Waals surface area (Å²) in [6.45, 7) is 2.26. The summed E-state index contributed by atoms with van der Waals surface area (Å²) in [6.07, 6.45) is -3.12. The van der Waals surface area contributed by atoms with Crippen LogP contribution in [0.4, 0.5) is 17.6 Å². The molecule has 0 saturated heterocycles. The summed E-state index contributed by atoms with van der Waals surface area (Å²) < 4.78 is 55.0. The molecule has 0 N–H and O–H groups in total. The summed E-state index contributed by atoms with van der Waals surface area (Å²) in [5.74, 6) is -4.70. The van der Waals surface area contributed by atoms with Crippen molar-refractivity contribution in [2.45, 2.75) is 45.6 Å². The Morgan fingerprint density at radius 2 is 2.10 bits per heavy atom. The third kappa shape index (κ3) is 5.11. The van der Waals surface area contributed by atoms with Gasteiger partial charge in [0.1, 0.15) is 13.2 Å². The minimum Gasteiger partial charge on any atom is -0.367 e. The molecule has 120 valence electrons. The number of rotatable bonds is 9. The summed E-state index contributed by atoms with van der Waals surface area (Å²) in [7, 11) is 0. The van der Waals surface area contributed by atoms with Gasteiger partial charge in [-0.25, -0.2) is 8.78 Å². The van der Waals surface area contributed by atoms with Gasteiger partial charge in [0.15, 0.2) is 5.78 Å². The zero-order valence-electron chi connectivity index (χ0n) is 11.9. The molecule has 0 fully saturated rings. The van der Waals surface area contributed by atoms with Gasteiger partial charge in [0.25, 0.3) is 0 Å². The van der Waals surface area contributed by atoms with E-state index in [9.17, 15) is 22.4 Å². The normalized spacial score (nSPS) is 12.1. The van der Waals surface area contributed by atoms with E-state index >= 15 is 0 Å². The zero-order valence-corrected chi connectivity index (χ0v) is 11.9. The fraction of sp³-hybridized carbons (Fsp3) is 0.692. The Kier molecular flexibility index (Phi) is 6.32. The van der Waals surface area contributed by atoms with Gasteiger partial charge in [0.05, 0.1) is 12.1 Å². The highest BCUT2D eigenvalue weighted by molar-refractivity contribution is 5.81. The molecule has 8 heteroatoms. The van der Waals surface area contributed by atoms with Gasteiger partial charge in [-0.05, 0) is 19.4 Å². The van der Waals surface area contributed by atoms with Crippen LogP contribution >= 0.6 is 0 Å². The van der Waals surface area contributed by atoms with Gasteiger partial charge in [-0.3, -0.25) is 9.48 Å². The lowest BCUT2D eigenvalue weighted by molar-refractivity contribution is -0.168. The Balaban J connectivity index is 2.49. The minimum absolute atomic E-state index is 0.0267. The predicted molar refractivity (Wildman–Crippen MR) is 67.8 cm³/mol. The first-order valence-electron chi connectivity index (χ1n) is 6.61. The molecule has 0 bridgehead atoms. The lowest BCUT2D eigenvalue weighted by atomic mass is 10.2. The molecule has 1 aromatic rings. The van der Waals surface area contributed by atoms with Crippen LogP contribution in [0.15, 0.2) is 6.07 Å². The molecule has 21 heavy (non-hydrogen) atoms. The third-order valence-corrected chi connectivity index (χ3v) is 2.83. The summed E-state index contributed by atoms with van der Waals surface area (Å²) in [6, 6.07) is 1.76. The van der Waals surface area contributed by atoms with Crippen molar-refractivity contribution in [3.8, 4) is 0 Å². The first-order chi connectivity index (χ1) is 9.80. The quantitative estimate of drug-likeness (QED) is 0.658. The molecule has 0 radical (unpaired) electrons. The first kappa shape index (κ1) is 17.6. The Labute approximate surface area is 120 Å². The summed E-state index contributed by atoms with van der Waals surface area (Å²) in [4.78, 5) is 11.6. The van der Waals surface area contributed by atoms with Crippen LogP contribution in [0.3, 0.4) is 0 Å². The Morgan fingerprint density at radius 1 is 1.43 bits per heavy atom. The molecule has 0 aliphatic rings. The number of nitrogens with zero attached hydrogens (tertiary/aromatic N) is 2. The molecule has 1 rings (SSSR count). The van der Waals surface area contributed by atoms with Gasteiger partial charge >= 0.3 is 12.3 Å². The van der Waals surface area contributed by atoms with E-state index in [0.29, 0.717) is 18.7 Å². The van der Waals surface area contributed by atoms with E-state index in [-0.39, 0.29) is 6.42 Å². The summed E-state index contributed by atoms with van der Waals surface area (Å²) in [5.41, 5.74) is 1.48. The molecule has 0 saturated carbocycles. The number of hydrogen-bond donors (Lipinski definition) is 0. The molecular formula is C13H18F4N2O2. The Morgan fingerprint density at radius 3 is 2.62 bits per heavy atom. The average molecular weight is 310 g/mol. The highest BCUT2D eigenvalue weighted by Crippen LogP contribution is 2.22. The number of hydrogen-bond acceptors (Lipinski definition) is 3. The van der Waals surface area contributed by atoms with Crippen molar-refractivity contribution >= 4 is 5.78 Å². The van der Waals surface area contributed by atoms with Crippen molar-refractivity contribution in [3.63, 3.8) is 0 Å². The van der Waals surface area contributed by atoms with Gasteiger partial charge in [0, 0.05) is 12.2 Å². The molecule has 0 aromatic carbocycles. The lowest BCUT2D eigenvalue weighted by Crippen LogP contribution is -2.33. The van der Waals surface area contributed by atoms with Crippen LogP contribution in [0.25, 0.3) is 0 Å². The lowest BCUT2D eigenvalue weighted by Gasteiger charge is -2.14. The fourth-order valence-corrected chi connectivity index (χ4v) is 1.72. The van der Waals surface area contributed by atoms with E-state index in [0.717, 1.165) is 5.69 Å². The maximum absolute atomic E-state index is 12.6. The standard InChI is InChI=1S/C13H18F4N2O2/c1-3-9-5-10(19(4-2)18-9)6-11(20)7-21-8-13(16,17)12(14)15/h5,12H,3-4,6-8H2,1-2H3. The molecule has 0 aliphatic heterocycles. The van der Waals surface area contributed by atoms with Gasteiger partial charge in [-0.1, -0.05) is 6.92 Å². The minimum atomic E-state index is -4.24. The van der Waals surface area contributed by atoms with E-state index in [4.69, 9.17) is 0 Å². The largest absolute Gasteiger partial charge is 0.367 e. The van der Waals surface area contributed by atoms with Crippen molar-refractivity contribution < 1.29 is 27.1 Å². The van der Waals surface area contributed by atoms with Crippen molar-refractivity contribution in [2.24, 2.45) is 0 Å². The van der Waals surface area contributed by atoms with Gasteiger partial charge < -0.3 is 4.74 Å². The number of ether oxygens (including phenoxy) is 1. The number of halogens is 4. The van der Waals surface area contributed by atoms with Crippen LogP contribution in [0.2, 0.25) is 0 Å². The SMILES string of the molecule is CCc1cc(CC(=O)COCC(F)(F)C(F)F)n(CC)n1. The molecular weight excluding hydrogens is 292 g/mol. The van der Waals surface area contributed by atoms with Crippen LogP contribution in [0.5, 0.6) is 0 Å². The van der Waals surface area contributed by atoms with Gasteiger partial charge in [0.2, 0.25) is 0 Å². The highest BCUT2D eigenvalue weighted by atomic mass is 19.3. The number of carbonyl (C=O) groups excluding carboxylic acids is 1. The van der Waals surface area contributed by atoms with Gasteiger partial charge in [-0.2, -0.15) is 13.9 Å². The van der Waals surface area contributed by atoms with E-state index in [1.807, 2.05) is 13.8 Å². The molecule has 0 unspecified atom stereocenters. The monoisotopic (exact) mass is 310 g/mol. The second-order valence-corrected chi connectivity index (χ2v) is 4.57. The summed E-state index contributed by atoms with van der Waals surface area (Å²) in [5, 5.41) is 4.25. The molecule has 0 aliphatic carbocycles. The van der Waals surface area contributed by atoms with Crippen LogP contribution in [0.1, 0.15) is 25.2 Å². The van der Waals surface area contributed by atoms with Crippen molar-refractivity contribution in [2.75, 3.05) is 13.2 Å². The Hall–Kier alpha value is -1.44. The second kappa shape index (κ2) is 7.53. The molecule has 0 amide bonds. The zero-order chi connectivity index (χ0) is 16.0. The number of aromatic nitrogens is 2. The molecule has 0 atom stereocenters. The first-order valence-corrected chi connectivity index (χ1v) is 6.61. The van der Waals surface area contributed by atoms with E-state index in [1.165, 1.54) is 0 Å². The highest BCUT2D eigenvalue weighted by Gasteiger charge is 2.41. The van der Waals surface area contributed by atoms with Crippen LogP contribution in [0, 0.1) is 0 Å². The maximum atomic E-state index is 12.6. The number of carbonyl (C=O) groups is 1. The van der Waals surface area contributed by atoms with Crippen molar-refractivity contribution in [3.05, 3.63) is 17.5 Å². The number of aryl methyl sites for hydroxylation is 2. The smallest absolute Gasteiger partial charge is 0.330 e. The second-order valence-electron chi connectivity index (χ2n) is 4.57. The van der Waals surface area contributed by atoms with Crippen molar-refractivity contribution in [1.29, 1.82) is 0 Å². The number of ketones is 1. The van der Waals surface area contributed by atoms with Crippen molar-refractivity contribution in [1.82, 2.24) is 9.78 Å². The number of Topliss-reactive ketones (excluding diaryl/α,β-unsaturated/α-hetero) is 1. The van der Waals surface area contributed by atoms with Crippen LogP contribution in [-0.4, -0.2) is 41.1 Å². The topological polar surface area (TPSA) is 44.1 Å². The third-order valence-electron chi connectivity index (χ3n) is 2.83. The number of alkyl halides is 4. The molecule has 0 spiro atoms. The molecule has 4 nitrogen and oxygen atoms in total. The van der Waals surface area contributed by atoms with E-state index in [1.54, 1.807) is 10.7 Å². The molecule has 1 aromatic heterocycles. The van der Waals surface area contributed by atoms with E-state index < -0.39 is 31.3 Å². The molecule has 1 heterocycles. The summed E-state index contributed by atoms with van der Waals surface area (Å²) >= 11 is 0. The van der Waals surface area contributed by atoms with Crippen LogP contribution < -0.4 is 0 Å². The Bertz CT molecular complexity index is 475. The van der Waals surface area contributed by atoms with Crippen LogP contribution in [-0.2, 0) is 28.9 Å². The fourth-order valence-electron chi connectivity index (χ4n) is 1.72. The maximum Gasteiger partial charge on any atom is 0.330 e. The van der Waals surface area contributed by atoms with Gasteiger partial charge in [-0.15, -0.1) is 0 Å².